The van der Waals surface area contributed by atoms with E-state index in [4.69, 9.17) is 21.1 Å². The van der Waals surface area contributed by atoms with Gasteiger partial charge >= 0.3 is 0 Å². The Bertz CT molecular complexity index is 975. The van der Waals surface area contributed by atoms with E-state index in [1.807, 2.05) is 30.3 Å². The number of halogens is 1. The average molecular weight is 391 g/mol. The van der Waals surface area contributed by atoms with Crippen molar-refractivity contribution in [1.82, 2.24) is 9.55 Å². The molecule has 7 heteroatoms. The van der Waals surface area contributed by atoms with Gasteiger partial charge < -0.3 is 9.47 Å². The van der Waals surface area contributed by atoms with Gasteiger partial charge in [0.25, 0.3) is 5.56 Å². The zero-order chi connectivity index (χ0) is 18.5. The molecule has 136 valence electrons. The van der Waals surface area contributed by atoms with Crippen LogP contribution in [0.25, 0.3) is 10.9 Å². The molecule has 1 heterocycles. The van der Waals surface area contributed by atoms with Gasteiger partial charge in [0.1, 0.15) is 5.75 Å². The van der Waals surface area contributed by atoms with Crippen molar-refractivity contribution >= 4 is 34.3 Å². The Hall–Kier alpha value is -2.02. The molecule has 0 bridgehead atoms. The van der Waals surface area contributed by atoms with Gasteiger partial charge in [0, 0.05) is 23.4 Å². The molecule has 0 radical (unpaired) electrons. The minimum atomic E-state index is -0.0618. The second-order valence-corrected chi connectivity index (χ2v) is 6.98. The monoisotopic (exact) mass is 390 g/mol. The second-order valence-electron chi connectivity index (χ2n) is 5.61. The molecule has 0 saturated carbocycles. The van der Waals surface area contributed by atoms with Crippen LogP contribution in [0.3, 0.4) is 0 Å². The summed E-state index contributed by atoms with van der Waals surface area (Å²) in [6, 6.07) is 12.9. The Kier molecular flexibility index (Phi) is 6.19. The largest absolute Gasteiger partial charge is 0.496 e. The van der Waals surface area contributed by atoms with Crippen LogP contribution in [0.15, 0.2) is 52.4 Å². The predicted molar refractivity (Wildman–Crippen MR) is 105 cm³/mol. The van der Waals surface area contributed by atoms with E-state index >= 15 is 0 Å². The SMILES string of the molecule is COCCn1c(SCc2cc(Cl)ccc2OC)nc2ccccc2c1=O. The van der Waals surface area contributed by atoms with Gasteiger partial charge in [0.2, 0.25) is 0 Å². The lowest BCUT2D eigenvalue weighted by Crippen LogP contribution is -2.25. The average Bonchev–Trinajstić information content (AvgIpc) is 2.66. The summed E-state index contributed by atoms with van der Waals surface area (Å²) in [5.41, 5.74) is 1.57. The first-order valence-corrected chi connectivity index (χ1v) is 9.44. The molecule has 2 aromatic carbocycles. The Labute approximate surface area is 160 Å². The van der Waals surface area contributed by atoms with Crippen molar-refractivity contribution in [1.29, 1.82) is 0 Å². The quantitative estimate of drug-likeness (QED) is 0.451. The zero-order valence-corrected chi connectivity index (χ0v) is 16.1. The number of para-hydroxylation sites is 1. The number of benzene rings is 2. The third-order valence-electron chi connectivity index (χ3n) is 3.94. The van der Waals surface area contributed by atoms with Crippen LogP contribution in [0.4, 0.5) is 0 Å². The third-order valence-corrected chi connectivity index (χ3v) is 5.21. The van der Waals surface area contributed by atoms with E-state index in [0.717, 1.165) is 11.3 Å². The molecule has 26 heavy (non-hydrogen) atoms. The van der Waals surface area contributed by atoms with Crippen LogP contribution in [0.1, 0.15) is 5.56 Å². The maximum Gasteiger partial charge on any atom is 0.262 e. The molecular weight excluding hydrogens is 372 g/mol. The first kappa shape index (κ1) is 18.8. The van der Waals surface area contributed by atoms with Crippen LogP contribution in [0.5, 0.6) is 5.75 Å². The van der Waals surface area contributed by atoms with Crippen molar-refractivity contribution in [3.05, 3.63) is 63.4 Å². The molecule has 3 aromatic rings. The summed E-state index contributed by atoms with van der Waals surface area (Å²) in [5, 5.41) is 1.89. The molecule has 0 saturated heterocycles. The number of thioether (sulfide) groups is 1. The molecule has 0 spiro atoms. The number of nitrogens with zero attached hydrogens (tertiary/aromatic N) is 2. The molecule has 1 aromatic heterocycles. The number of hydrogen-bond donors (Lipinski definition) is 0. The summed E-state index contributed by atoms with van der Waals surface area (Å²) >= 11 is 7.58. The van der Waals surface area contributed by atoms with E-state index in [-0.39, 0.29) is 5.56 Å². The van der Waals surface area contributed by atoms with Gasteiger partial charge in [-0.15, -0.1) is 0 Å². The Morgan fingerprint density at radius 3 is 2.77 bits per heavy atom. The molecule has 0 atom stereocenters. The summed E-state index contributed by atoms with van der Waals surface area (Å²) in [7, 11) is 3.24. The fraction of sp³-hybridized carbons (Fsp3) is 0.263. The first-order chi connectivity index (χ1) is 12.6. The van der Waals surface area contributed by atoms with E-state index in [0.29, 0.717) is 40.0 Å². The molecule has 0 amide bonds. The van der Waals surface area contributed by atoms with Crippen LogP contribution in [-0.2, 0) is 17.0 Å². The highest BCUT2D eigenvalue weighted by molar-refractivity contribution is 7.98. The number of methoxy groups -OCH3 is 2. The molecule has 0 N–H and O–H groups in total. The number of fused-ring (bicyclic) bond motifs is 1. The van der Waals surface area contributed by atoms with Crippen molar-refractivity contribution in [2.45, 2.75) is 17.5 Å². The second kappa shape index (κ2) is 8.58. The van der Waals surface area contributed by atoms with Crippen LogP contribution < -0.4 is 10.3 Å². The maximum atomic E-state index is 12.9. The highest BCUT2D eigenvalue weighted by Crippen LogP contribution is 2.29. The van der Waals surface area contributed by atoms with Gasteiger partial charge in [-0.3, -0.25) is 9.36 Å². The summed E-state index contributed by atoms with van der Waals surface area (Å²) in [6.07, 6.45) is 0. The summed E-state index contributed by atoms with van der Waals surface area (Å²) in [6.45, 7) is 0.885. The number of aromatic nitrogens is 2. The highest BCUT2D eigenvalue weighted by atomic mass is 35.5. The number of rotatable bonds is 7. The molecular formula is C19H19ClN2O3S. The Morgan fingerprint density at radius 1 is 1.19 bits per heavy atom. The zero-order valence-electron chi connectivity index (χ0n) is 14.6. The van der Waals surface area contributed by atoms with Gasteiger partial charge in [-0.2, -0.15) is 0 Å². The molecule has 0 unspecified atom stereocenters. The minimum absolute atomic E-state index is 0.0618. The van der Waals surface area contributed by atoms with E-state index in [9.17, 15) is 4.79 Å². The summed E-state index contributed by atoms with van der Waals surface area (Å²) < 4.78 is 12.2. The van der Waals surface area contributed by atoms with Crippen LogP contribution >= 0.6 is 23.4 Å². The van der Waals surface area contributed by atoms with Crippen LogP contribution in [-0.4, -0.2) is 30.4 Å². The molecule has 3 rings (SSSR count). The van der Waals surface area contributed by atoms with E-state index < -0.39 is 0 Å². The van der Waals surface area contributed by atoms with Gasteiger partial charge in [-0.25, -0.2) is 4.98 Å². The molecule has 5 nitrogen and oxygen atoms in total. The fourth-order valence-corrected chi connectivity index (χ4v) is 3.84. The lowest BCUT2D eigenvalue weighted by molar-refractivity contribution is 0.183. The standard InChI is InChI=1S/C19H19ClN2O3S/c1-24-10-9-22-18(23)15-5-3-4-6-16(15)21-19(22)26-12-13-11-14(20)7-8-17(13)25-2/h3-8,11H,9-10,12H2,1-2H3. The third kappa shape index (κ3) is 4.03. The van der Waals surface area contributed by atoms with Crippen molar-refractivity contribution < 1.29 is 9.47 Å². The minimum Gasteiger partial charge on any atom is -0.496 e. The number of ether oxygens (including phenoxy) is 2. The topological polar surface area (TPSA) is 53.4 Å². The predicted octanol–water partition coefficient (Wildman–Crippen LogP) is 4.00. The van der Waals surface area contributed by atoms with E-state index in [1.54, 1.807) is 30.9 Å². The molecule has 0 fully saturated rings. The van der Waals surface area contributed by atoms with Crippen LogP contribution in [0, 0.1) is 0 Å². The van der Waals surface area contributed by atoms with Gasteiger partial charge in [-0.05, 0) is 30.3 Å². The lowest BCUT2D eigenvalue weighted by atomic mass is 10.2. The summed E-state index contributed by atoms with van der Waals surface area (Å²) in [5.74, 6) is 1.34. The first-order valence-electron chi connectivity index (χ1n) is 8.07. The van der Waals surface area contributed by atoms with Gasteiger partial charge in [0.05, 0.1) is 31.2 Å². The maximum absolute atomic E-state index is 12.9. The molecule has 0 aliphatic rings. The van der Waals surface area contributed by atoms with E-state index in [1.165, 1.54) is 11.8 Å². The van der Waals surface area contributed by atoms with Gasteiger partial charge in [0.15, 0.2) is 5.16 Å². The smallest absolute Gasteiger partial charge is 0.262 e. The molecule has 0 aliphatic carbocycles. The van der Waals surface area contributed by atoms with Gasteiger partial charge in [-0.1, -0.05) is 35.5 Å². The fourth-order valence-electron chi connectivity index (χ4n) is 2.64. The van der Waals surface area contributed by atoms with Crippen molar-refractivity contribution in [3.8, 4) is 5.75 Å². The van der Waals surface area contributed by atoms with E-state index in [2.05, 4.69) is 4.98 Å². The van der Waals surface area contributed by atoms with Crippen molar-refractivity contribution in [3.63, 3.8) is 0 Å². The number of hydrogen-bond acceptors (Lipinski definition) is 5. The summed E-state index contributed by atoms with van der Waals surface area (Å²) in [4.78, 5) is 17.5. The highest BCUT2D eigenvalue weighted by Gasteiger charge is 2.13. The molecule has 0 aliphatic heterocycles. The lowest BCUT2D eigenvalue weighted by Gasteiger charge is -2.14. The Morgan fingerprint density at radius 2 is 2.00 bits per heavy atom. The van der Waals surface area contributed by atoms with Crippen molar-refractivity contribution in [2.24, 2.45) is 0 Å². The Balaban J connectivity index is 1.98. The van der Waals surface area contributed by atoms with Crippen LogP contribution in [0.2, 0.25) is 5.02 Å². The van der Waals surface area contributed by atoms with Crippen molar-refractivity contribution in [2.75, 3.05) is 20.8 Å². The normalized spacial score (nSPS) is 11.0.